The van der Waals surface area contributed by atoms with Crippen molar-refractivity contribution in [3.8, 4) is 0 Å². The highest BCUT2D eigenvalue weighted by atomic mass is 16.6. The molecule has 0 bridgehead atoms. The minimum absolute atomic E-state index is 0.0200. The first-order valence-corrected chi connectivity index (χ1v) is 29.4. The van der Waals surface area contributed by atoms with Gasteiger partial charge in [-0.2, -0.15) is 0 Å². The van der Waals surface area contributed by atoms with E-state index in [2.05, 4.69) is 90.0 Å². The Labute approximate surface area is 440 Å². The van der Waals surface area contributed by atoms with E-state index < -0.39 is 78.8 Å². The SMILES string of the molecule is CC1CCC(C(C)C)C(OC(=O)CC(O)(CC(=O)OC2CC(C)CCC2C(C)CCC2CCC(C(C)C)C(OC(=O)[C@H](O)[C@@H](O)C(=O)OC3CC(C)CCC3C(C)C)C2)C(=O)OC2CC(C)CCC2C(C)C)C1. The van der Waals surface area contributed by atoms with Crippen LogP contribution in [0, 0.1) is 88.8 Å². The summed E-state index contributed by atoms with van der Waals surface area (Å²) in [5, 5.41) is 34.2. The maximum Gasteiger partial charge on any atom is 0.339 e. The second kappa shape index (κ2) is 27.5. The van der Waals surface area contributed by atoms with Crippen LogP contribution in [-0.2, 0) is 47.7 Å². The molecular formula is C60H102O13. The summed E-state index contributed by atoms with van der Waals surface area (Å²) in [7, 11) is 0. The van der Waals surface area contributed by atoms with Gasteiger partial charge in [-0.05, 0) is 159 Å². The molecule has 0 radical (unpaired) electrons. The van der Waals surface area contributed by atoms with Gasteiger partial charge < -0.3 is 39.0 Å². The van der Waals surface area contributed by atoms with Crippen LogP contribution in [0.5, 0.6) is 0 Å². The average molecular weight is 1030 g/mol. The second-order valence-electron chi connectivity index (χ2n) is 26.4. The van der Waals surface area contributed by atoms with Gasteiger partial charge in [0.2, 0.25) is 0 Å². The van der Waals surface area contributed by atoms with Gasteiger partial charge >= 0.3 is 29.8 Å². The third kappa shape index (κ3) is 17.1. The second-order valence-corrected chi connectivity index (χ2v) is 26.4. The standard InChI is InChI=1S/C60H102O13/c1-33(2)43-21-14-37(9)26-48(43)69-53(61)31-60(68,59(67)73-50-28-39(11)16-23-45(50)35(5)6)32-54(62)70-51-29-40(12)17-24-47(51)41(13)18-19-42-20-25-46(36(7)8)52(30-42)72-58(66)56(64)55(63)57(65)71-49-27-38(10)15-22-44(49)34(3)4/h33-52,55-56,63-64,68H,14-32H2,1-13H3/t37?,38?,39?,40?,41?,42?,43?,44?,45?,46?,47?,48?,49?,50?,51?,52?,55-,56-,60?/m1/s1. The maximum absolute atomic E-state index is 14.3. The highest BCUT2D eigenvalue weighted by molar-refractivity contribution is 5.90. The van der Waals surface area contributed by atoms with Crippen LogP contribution in [0.3, 0.4) is 0 Å². The lowest BCUT2D eigenvalue weighted by Gasteiger charge is -2.40. The number of ether oxygens (including phenoxy) is 5. The third-order valence-electron chi connectivity index (χ3n) is 19.0. The number of carbonyl (C=O) groups excluding carboxylic acids is 5. The molecule has 13 heteroatoms. The minimum Gasteiger partial charge on any atom is -0.462 e. The topological polar surface area (TPSA) is 192 Å². The van der Waals surface area contributed by atoms with Crippen molar-refractivity contribution in [2.75, 3.05) is 0 Å². The molecule has 0 aromatic carbocycles. The van der Waals surface area contributed by atoms with Crippen LogP contribution in [0.1, 0.15) is 212 Å². The molecule has 17 unspecified atom stereocenters. The van der Waals surface area contributed by atoms with Crippen molar-refractivity contribution in [1.82, 2.24) is 0 Å². The molecule has 3 N–H and O–H groups in total. The number of rotatable bonds is 21. The van der Waals surface area contributed by atoms with Gasteiger partial charge in [-0.3, -0.25) is 9.59 Å². The molecule has 13 nitrogen and oxygen atoms in total. The van der Waals surface area contributed by atoms with E-state index in [1.807, 2.05) is 0 Å². The lowest BCUT2D eigenvalue weighted by Crippen LogP contribution is -2.49. The fraction of sp³-hybridized carbons (Fsp3) is 0.917. The van der Waals surface area contributed by atoms with Gasteiger partial charge in [0.25, 0.3) is 0 Å². The lowest BCUT2D eigenvalue weighted by atomic mass is 9.70. The Morgan fingerprint density at radius 3 is 1.14 bits per heavy atom. The molecule has 0 amide bonds. The van der Waals surface area contributed by atoms with Crippen molar-refractivity contribution in [3.63, 3.8) is 0 Å². The van der Waals surface area contributed by atoms with Gasteiger partial charge in [-0.1, -0.05) is 129 Å². The summed E-state index contributed by atoms with van der Waals surface area (Å²) in [4.78, 5) is 69.0. The summed E-state index contributed by atoms with van der Waals surface area (Å²) in [6.07, 6.45) is 6.60. The zero-order valence-electron chi connectivity index (χ0n) is 47.6. The molecular weight excluding hydrogens is 929 g/mol. The maximum atomic E-state index is 14.3. The summed E-state index contributed by atoms with van der Waals surface area (Å²) in [6, 6.07) is 0. The zero-order valence-corrected chi connectivity index (χ0v) is 47.6. The highest BCUT2D eigenvalue weighted by Gasteiger charge is 2.49. The molecule has 73 heavy (non-hydrogen) atoms. The molecule has 0 spiro atoms. The molecule has 5 aliphatic rings. The molecule has 5 saturated carbocycles. The molecule has 0 heterocycles. The minimum atomic E-state index is -2.47. The van der Waals surface area contributed by atoms with Crippen molar-refractivity contribution in [2.45, 2.75) is 260 Å². The molecule has 19 atom stereocenters. The molecule has 0 saturated heterocycles. The summed E-state index contributed by atoms with van der Waals surface area (Å²) in [6.45, 7) is 27.5. The smallest absolute Gasteiger partial charge is 0.339 e. The van der Waals surface area contributed by atoms with E-state index in [-0.39, 0.29) is 77.3 Å². The number of hydrogen-bond acceptors (Lipinski definition) is 13. The van der Waals surface area contributed by atoms with Crippen molar-refractivity contribution in [3.05, 3.63) is 0 Å². The Balaban J connectivity index is 1.22. The Kier molecular flexibility index (Phi) is 23.0. The average Bonchev–Trinajstić information content (AvgIpc) is 3.29. The van der Waals surface area contributed by atoms with E-state index in [9.17, 15) is 39.3 Å². The molecule has 420 valence electrons. The molecule has 0 aromatic rings. The predicted octanol–water partition coefficient (Wildman–Crippen LogP) is 11.0. The number of carbonyl (C=O) groups is 5. The molecule has 5 fully saturated rings. The largest absolute Gasteiger partial charge is 0.462 e. The number of hydrogen-bond donors (Lipinski definition) is 3. The Morgan fingerprint density at radius 1 is 0.438 bits per heavy atom. The highest BCUT2D eigenvalue weighted by Crippen LogP contribution is 2.43. The molecule has 5 aliphatic carbocycles. The van der Waals surface area contributed by atoms with Gasteiger partial charge in [-0.25, -0.2) is 14.4 Å². The number of aliphatic hydroxyl groups excluding tert-OH is 2. The van der Waals surface area contributed by atoms with Gasteiger partial charge in [0.05, 0.1) is 12.8 Å². The quantitative estimate of drug-likeness (QED) is 0.0727. The van der Waals surface area contributed by atoms with Crippen LogP contribution in [0.15, 0.2) is 0 Å². The summed E-state index contributed by atoms with van der Waals surface area (Å²) in [5.74, 6) is -1.30. The van der Waals surface area contributed by atoms with Crippen molar-refractivity contribution in [2.24, 2.45) is 88.8 Å². The van der Waals surface area contributed by atoms with Crippen LogP contribution in [-0.4, -0.2) is 93.5 Å². The molecule has 0 aliphatic heterocycles. The predicted molar refractivity (Wildman–Crippen MR) is 280 cm³/mol. The third-order valence-corrected chi connectivity index (χ3v) is 19.0. The fourth-order valence-electron chi connectivity index (χ4n) is 14.0. The van der Waals surface area contributed by atoms with Gasteiger partial charge in [0.15, 0.2) is 17.8 Å². The van der Waals surface area contributed by atoms with Crippen LogP contribution >= 0.6 is 0 Å². The first kappa shape index (κ1) is 61.1. The summed E-state index contributed by atoms with van der Waals surface area (Å²) < 4.78 is 30.3. The molecule has 5 rings (SSSR count). The van der Waals surface area contributed by atoms with E-state index in [0.717, 1.165) is 77.0 Å². The first-order chi connectivity index (χ1) is 34.3. The van der Waals surface area contributed by atoms with E-state index in [0.29, 0.717) is 55.8 Å². The summed E-state index contributed by atoms with van der Waals surface area (Å²) >= 11 is 0. The lowest BCUT2D eigenvalue weighted by molar-refractivity contribution is -0.190. The Bertz CT molecular complexity index is 1780. The zero-order chi connectivity index (χ0) is 54.1. The van der Waals surface area contributed by atoms with Gasteiger partial charge in [0, 0.05) is 0 Å². The van der Waals surface area contributed by atoms with Gasteiger partial charge in [0.1, 0.15) is 30.5 Å². The van der Waals surface area contributed by atoms with Crippen molar-refractivity contribution in [1.29, 1.82) is 0 Å². The fourth-order valence-corrected chi connectivity index (χ4v) is 14.0. The van der Waals surface area contributed by atoms with E-state index >= 15 is 0 Å². The van der Waals surface area contributed by atoms with E-state index in [1.165, 1.54) is 0 Å². The van der Waals surface area contributed by atoms with Gasteiger partial charge in [-0.15, -0.1) is 0 Å². The van der Waals surface area contributed by atoms with Crippen molar-refractivity contribution < 1.29 is 63.0 Å². The Morgan fingerprint density at radius 2 is 0.753 bits per heavy atom. The first-order valence-electron chi connectivity index (χ1n) is 29.4. The normalized spacial score (nSPS) is 35.4. The Hall–Kier alpha value is -2.77. The molecule has 0 aromatic heterocycles. The number of aliphatic hydroxyl groups is 3. The number of esters is 5. The van der Waals surface area contributed by atoms with Crippen molar-refractivity contribution >= 4 is 29.8 Å². The van der Waals surface area contributed by atoms with E-state index in [1.54, 1.807) is 0 Å². The summed E-state index contributed by atoms with van der Waals surface area (Å²) in [5.41, 5.74) is -2.47. The van der Waals surface area contributed by atoms with Crippen LogP contribution in [0.4, 0.5) is 0 Å². The van der Waals surface area contributed by atoms with Crippen LogP contribution in [0.2, 0.25) is 0 Å². The van der Waals surface area contributed by atoms with Crippen LogP contribution in [0.25, 0.3) is 0 Å². The monoisotopic (exact) mass is 1030 g/mol. The van der Waals surface area contributed by atoms with E-state index in [4.69, 9.17) is 23.7 Å². The van der Waals surface area contributed by atoms with Crippen LogP contribution < -0.4 is 0 Å².